The van der Waals surface area contributed by atoms with Gasteiger partial charge in [0, 0.05) is 11.4 Å². The summed E-state index contributed by atoms with van der Waals surface area (Å²) in [7, 11) is 0. The Bertz CT molecular complexity index is 113. The summed E-state index contributed by atoms with van der Waals surface area (Å²) in [5.74, 6) is 1.56. The minimum atomic E-state index is 0.632. The number of halogens is 1. The van der Waals surface area contributed by atoms with E-state index in [1.165, 1.54) is 12.8 Å². The van der Waals surface area contributed by atoms with Gasteiger partial charge in [-0.15, -0.1) is 0 Å². The van der Waals surface area contributed by atoms with Gasteiger partial charge in [0.25, 0.3) is 0 Å². The predicted molar refractivity (Wildman–Crippen MR) is 64.5 cm³/mol. The fraction of sp³-hybridized carbons (Fsp3) is 1.00. The van der Waals surface area contributed by atoms with Gasteiger partial charge in [0.1, 0.15) is 0 Å². The highest BCUT2D eigenvalue weighted by Crippen LogP contribution is 2.06. The van der Waals surface area contributed by atoms with Crippen LogP contribution in [0.2, 0.25) is 0 Å². The summed E-state index contributed by atoms with van der Waals surface area (Å²) >= 11 is 3.53. The first-order valence-electron chi connectivity index (χ1n) is 5.37. The molecule has 0 aromatic rings. The second-order valence-electron chi connectivity index (χ2n) is 4.50. The predicted octanol–water partition coefficient (Wildman–Crippen LogP) is 3.43. The Labute approximate surface area is 91.8 Å². The molecule has 0 heterocycles. The van der Waals surface area contributed by atoms with E-state index in [4.69, 9.17) is 0 Å². The van der Waals surface area contributed by atoms with Crippen LogP contribution >= 0.6 is 15.9 Å². The van der Waals surface area contributed by atoms with Crippen molar-refractivity contribution in [3.8, 4) is 0 Å². The molecular formula is C11H24BrN. The van der Waals surface area contributed by atoms with Gasteiger partial charge in [-0.1, -0.05) is 43.6 Å². The van der Waals surface area contributed by atoms with Gasteiger partial charge in [0.05, 0.1) is 0 Å². The Balaban J connectivity index is 3.39. The quantitative estimate of drug-likeness (QED) is 0.539. The lowest BCUT2D eigenvalue weighted by molar-refractivity contribution is 0.419. The van der Waals surface area contributed by atoms with Gasteiger partial charge < -0.3 is 5.32 Å². The lowest BCUT2D eigenvalue weighted by Gasteiger charge is -2.20. The molecule has 0 amide bonds. The maximum atomic E-state index is 3.58. The maximum Gasteiger partial charge on any atom is 0.0188 e. The van der Waals surface area contributed by atoms with Crippen molar-refractivity contribution in [2.24, 2.45) is 11.8 Å². The minimum Gasteiger partial charge on any atom is -0.313 e. The zero-order valence-corrected chi connectivity index (χ0v) is 11.0. The van der Waals surface area contributed by atoms with E-state index in [0.29, 0.717) is 6.04 Å². The van der Waals surface area contributed by atoms with E-state index >= 15 is 0 Å². The molecule has 0 aliphatic rings. The van der Waals surface area contributed by atoms with Crippen molar-refractivity contribution in [1.82, 2.24) is 5.32 Å². The van der Waals surface area contributed by atoms with Crippen molar-refractivity contribution >= 4 is 15.9 Å². The standard InChI is InChI=1S/C11H24BrN/c1-9(2)6-5-7-13-11(8-12)10(3)4/h9-11,13H,5-8H2,1-4H3. The number of rotatable bonds is 7. The van der Waals surface area contributed by atoms with E-state index in [-0.39, 0.29) is 0 Å². The van der Waals surface area contributed by atoms with Crippen molar-refractivity contribution in [3.63, 3.8) is 0 Å². The minimum absolute atomic E-state index is 0.632. The van der Waals surface area contributed by atoms with Crippen LogP contribution in [0.1, 0.15) is 40.5 Å². The molecule has 0 aromatic heterocycles. The average molecular weight is 250 g/mol. The van der Waals surface area contributed by atoms with E-state index in [1.54, 1.807) is 0 Å². The molecule has 1 nitrogen and oxygen atoms in total. The molecule has 2 heteroatoms. The molecule has 0 radical (unpaired) electrons. The summed E-state index contributed by atoms with van der Waals surface area (Å²) in [6, 6.07) is 0.632. The third-order valence-corrected chi connectivity index (χ3v) is 3.03. The second-order valence-corrected chi connectivity index (χ2v) is 5.14. The van der Waals surface area contributed by atoms with Crippen LogP contribution in [0, 0.1) is 11.8 Å². The normalized spacial score (nSPS) is 14.1. The monoisotopic (exact) mass is 249 g/mol. The summed E-state index contributed by atoms with van der Waals surface area (Å²) in [6.07, 6.45) is 2.63. The zero-order valence-electron chi connectivity index (χ0n) is 9.44. The van der Waals surface area contributed by atoms with Gasteiger partial charge in [-0.05, 0) is 31.2 Å². The number of nitrogens with one attached hydrogen (secondary N) is 1. The first-order chi connectivity index (χ1) is 6.07. The van der Waals surface area contributed by atoms with E-state index < -0.39 is 0 Å². The van der Waals surface area contributed by atoms with E-state index in [1.807, 2.05) is 0 Å². The van der Waals surface area contributed by atoms with Gasteiger partial charge >= 0.3 is 0 Å². The van der Waals surface area contributed by atoms with Crippen molar-refractivity contribution in [3.05, 3.63) is 0 Å². The van der Waals surface area contributed by atoms with Gasteiger partial charge in [-0.3, -0.25) is 0 Å². The number of hydrogen-bond donors (Lipinski definition) is 1. The first-order valence-corrected chi connectivity index (χ1v) is 6.49. The smallest absolute Gasteiger partial charge is 0.0188 e. The highest BCUT2D eigenvalue weighted by Gasteiger charge is 2.09. The fourth-order valence-electron chi connectivity index (χ4n) is 1.27. The molecule has 1 N–H and O–H groups in total. The topological polar surface area (TPSA) is 12.0 Å². The Morgan fingerprint density at radius 1 is 1.15 bits per heavy atom. The maximum absolute atomic E-state index is 3.58. The molecule has 1 atom stereocenters. The summed E-state index contributed by atoms with van der Waals surface area (Å²) in [5.41, 5.74) is 0. The van der Waals surface area contributed by atoms with Gasteiger partial charge in [-0.2, -0.15) is 0 Å². The molecule has 13 heavy (non-hydrogen) atoms. The fourth-order valence-corrected chi connectivity index (χ4v) is 2.24. The Morgan fingerprint density at radius 2 is 1.77 bits per heavy atom. The lowest BCUT2D eigenvalue weighted by atomic mass is 10.1. The SMILES string of the molecule is CC(C)CCCNC(CBr)C(C)C. The van der Waals surface area contributed by atoms with Crippen LogP contribution in [0.15, 0.2) is 0 Å². The molecule has 0 aromatic carbocycles. The molecule has 0 spiro atoms. The summed E-state index contributed by atoms with van der Waals surface area (Å²) in [5, 5.41) is 4.64. The summed E-state index contributed by atoms with van der Waals surface area (Å²) < 4.78 is 0. The van der Waals surface area contributed by atoms with Crippen molar-refractivity contribution in [2.45, 2.75) is 46.6 Å². The molecule has 0 aliphatic heterocycles. The average Bonchev–Trinajstić information content (AvgIpc) is 2.03. The number of hydrogen-bond acceptors (Lipinski definition) is 1. The molecular weight excluding hydrogens is 226 g/mol. The van der Waals surface area contributed by atoms with Crippen LogP contribution in [-0.4, -0.2) is 17.9 Å². The van der Waals surface area contributed by atoms with Gasteiger partial charge in [0.2, 0.25) is 0 Å². The van der Waals surface area contributed by atoms with Crippen LogP contribution in [0.3, 0.4) is 0 Å². The van der Waals surface area contributed by atoms with Crippen molar-refractivity contribution < 1.29 is 0 Å². The van der Waals surface area contributed by atoms with Crippen LogP contribution in [0.4, 0.5) is 0 Å². The van der Waals surface area contributed by atoms with E-state index in [9.17, 15) is 0 Å². The zero-order chi connectivity index (χ0) is 10.3. The summed E-state index contributed by atoms with van der Waals surface area (Å²) in [6.45, 7) is 10.3. The van der Waals surface area contributed by atoms with Crippen LogP contribution in [-0.2, 0) is 0 Å². The first kappa shape index (κ1) is 13.4. The number of alkyl halides is 1. The summed E-state index contributed by atoms with van der Waals surface area (Å²) in [4.78, 5) is 0. The molecule has 0 bridgehead atoms. The highest BCUT2D eigenvalue weighted by atomic mass is 79.9. The van der Waals surface area contributed by atoms with Crippen molar-refractivity contribution in [2.75, 3.05) is 11.9 Å². The highest BCUT2D eigenvalue weighted by molar-refractivity contribution is 9.09. The van der Waals surface area contributed by atoms with Crippen LogP contribution < -0.4 is 5.32 Å². The Kier molecular flexibility index (Phi) is 8.07. The lowest BCUT2D eigenvalue weighted by Crippen LogP contribution is -2.35. The third kappa shape index (κ3) is 7.51. The molecule has 0 rings (SSSR count). The molecule has 0 aliphatic carbocycles. The van der Waals surface area contributed by atoms with Crippen LogP contribution in [0.5, 0.6) is 0 Å². The van der Waals surface area contributed by atoms with Crippen LogP contribution in [0.25, 0.3) is 0 Å². The molecule has 0 fully saturated rings. The molecule has 80 valence electrons. The molecule has 1 unspecified atom stereocenters. The van der Waals surface area contributed by atoms with E-state index in [2.05, 4.69) is 48.9 Å². The van der Waals surface area contributed by atoms with Gasteiger partial charge in [0.15, 0.2) is 0 Å². The largest absolute Gasteiger partial charge is 0.313 e. The van der Waals surface area contributed by atoms with E-state index in [0.717, 1.165) is 23.7 Å². The third-order valence-electron chi connectivity index (χ3n) is 2.34. The second kappa shape index (κ2) is 7.81. The Morgan fingerprint density at radius 3 is 2.15 bits per heavy atom. The van der Waals surface area contributed by atoms with Crippen molar-refractivity contribution in [1.29, 1.82) is 0 Å². The Hall–Kier alpha value is 0.440. The van der Waals surface area contributed by atoms with Gasteiger partial charge in [-0.25, -0.2) is 0 Å². The molecule has 0 saturated heterocycles. The molecule has 0 saturated carbocycles.